The molecule has 5 N–H and O–H groups in total. The predicted octanol–water partition coefficient (Wildman–Crippen LogP) is -0.0258. The van der Waals surface area contributed by atoms with E-state index in [0.717, 1.165) is 0 Å². The molecule has 0 spiro atoms. The molecule has 0 aromatic carbocycles. The first-order chi connectivity index (χ1) is 17.5. The van der Waals surface area contributed by atoms with Gasteiger partial charge in [-0.05, 0) is 56.6 Å². The maximum Gasteiger partial charge on any atom is 1.00 e. The molecule has 39 heavy (non-hydrogen) atoms. The Balaban J connectivity index is 0.00000110. The second-order valence-corrected chi connectivity index (χ2v) is 11.2. The number of Topliss-reactive ketones (excluding diaryl/α,β-unsaturated/α-hetero) is 1. The molecule has 3 fully saturated rings. The number of carbonyl (C=O) groups is 4. The molecule has 0 saturated heterocycles. The van der Waals surface area contributed by atoms with Crippen LogP contribution in [0, 0.1) is 28.6 Å². The maximum atomic E-state index is 16.9. The van der Waals surface area contributed by atoms with Gasteiger partial charge >= 0.3 is 41.5 Å². The fraction of sp³-hybridized carbons (Fsp3) is 0.714. The molecule has 0 aliphatic heterocycles. The SMILES string of the molecule is CCC(=O)O.CCC(=O)O.C[C@H]1C[C@H]2[C@@H]3CCC4=CC(=O)C=C[C@]4(C)[C@@]3(F)[C@@H](O)C[C@]2(C)[C@@]1(O)C(=O)CO.[H-].[Na+]. The van der Waals surface area contributed by atoms with Crippen LogP contribution in [0.4, 0.5) is 4.39 Å². The van der Waals surface area contributed by atoms with Crippen molar-refractivity contribution in [2.24, 2.45) is 28.6 Å². The molecule has 8 atom stereocenters. The fourth-order valence-electron chi connectivity index (χ4n) is 7.26. The van der Waals surface area contributed by atoms with Gasteiger partial charge in [0.1, 0.15) is 12.2 Å². The minimum atomic E-state index is -1.98. The van der Waals surface area contributed by atoms with E-state index in [9.17, 15) is 34.5 Å². The third-order valence-corrected chi connectivity index (χ3v) is 9.40. The molecular weight excluding hydrogens is 522 g/mol. The van der Waals surface area contributed by atoms with Gasteiger partial charge in [-0.25, -0.2) is 4.39 Å². The van der Waals surface area contributed by atoms with E-state index >= 15 is 4.39 Å². The van der Waals surface area contributed by atoms with Crippen molar-refractivity contribution in [3.8, 4) is 0 Å². The average Bonchev–Trinajstić information content (AvgIpc) is 3.06. The van der Waals surface area contributed by atoms with E-state index in [0.29, 0.717) is 24.8 Å². The summed E-state index contributed by atoms with van der Waals surface area (Å²) in [5.74, 6) is -3.61. The van der Waals surface area contributed by atoms with Crippen LogP contribution in [0.2, 0.25) is 0 Å². The molecule has 0 aromatic rings. The number of alkyl halides is 1. The average molecular weight is 565 g/mol. The van der Waals surface area contributed by atoms with Crippen LogP contribution in [0.3, 0.4) is 0 Å². The number of aliphatic hydroxyl groups excluding tert-OH is 2. The van der Waals surface area contributed by atoms with E-state index in [2.05, 4.69) is 0 Å². The summed E-state index contributed by atoms with van der Waals surface area (Å²) in [5, 5.41) is 47.4. The minimum absolute atomic E-state index is 0. The quantitative estimate of drug-likeness (QED) is 0.295. The molecular formula is C28H42FNaO9. The zero-order chi connectivity index (χ0) is 29.3. The number of carboxylic acid groups (broad SMARTS) is 2. The zero-order valence-corrected chi connectivity index (χ0v) is 25.7. The topological polar surface area (TPSA) is 169 Å². The van der Waals surface area contributed by atoms with Crippen LogP contribution in [-0.4, -0.2) is 73.0 Å². The number of aliphatic carboxylic acids is 2. The molecule has 0 aromatic heterocycles. The van der Waals surface area contributed by atoms with E-state index < -0.39 is 64.4 Å². The summed E-state index contributed by atoms with van der Waals surface area (Å²) in [6.07, 6.45) is 4.88. The van der Waals surface area contributed by atoms with Gasteiger partial charge < -0.3 is 27.0 Å². The van der Waals surface area contributed by atoms with Gasteiger partial charge in [-0.15, -0.1) is 0 Å². The number of fused-ring (bicyclic) bond motifs is 5. The normalized spacial score (nSPS) is 39.6. The van der Waals surface area contributed by atoms with Crippen LogP contribution < -0.4 is 29.6 Å². The molecule has 4 aliphatic carbocycles. The number of aliphatic hydroxyl groups is 3. The number of carbonyl (C=O) groups excluding carboxylic acids is 2. The second kappa shape index (κ2) is 13.0. The summed E-state index contributed by atoms with van der Waals surface area (Å²) in [5.41, 5.74) is -5.17. The zero-order valence-electron chi connectivity index (χ0n) is 24.7. The van der Waals surface area contributed by atoms with Crippen LogP contribution in [0.25, 0.3) is 0 Å². The van der Waals surface area contributed by atoms with Gasteiger partial charge in [0, 0.05) is 29.6 Å². The minimum Gasteiger partial charge on any atom is -1.00 e. The van der Waals surface area contributed by atoms with E-state index in [1.165, 1.54) is 12.2 Å². The van der Waals surface area contributed by atoms with Crippen molar-refractivity contribution in [2.75, 3.05) is 6.61 Å². The first-order valence-electron chi connectivity index (χ1n) is 13.1. The Morgan fingerprint density at radius 2 is 1.62 bits per heavy atom. The number of rotatable bonds is 4. The van der Waals surface area contributed by atoms with Gasteiger partial charge in [0.15, 0.2) is 17.2 Å². The van der Waals surface area contributed by atoms with Crippen LogP contribution in [-0.2, 0) is 19.2 Å². The molecule has 0 bridgehead atoms. The number of hydrogen-bond donors (Lipinski definition) is 5. The van der Waals surface area contributed by atoms with E-state index in [1.54, 1.807) is 40.7 Å². The van der Waals surface area contributed by atoms with Crippen LogP contribution in [0.5, 0.6) is 0 Å². The van der Waals surface area contributed by atoms with Crippen molar-refractivity contribution >= 4 is 23.5 Å². The Morgan fingerprint density at radius 1 is 1.10 bits per heavy atom. The first kappa shape index (κ1) is 35.6. The Hall–Kier alpha value is -1.43. The maximum absolute atomic E-state index is 16.9. The van der Waals surface area contributed by atoms with Crippen LogP contribution in [0.1, 0.15) is 74.6 Å². The second-order valence-electron chi connectivity index (χ2n) is 11.2. The standard InChI is InChI=1S/C22H29FO5.2C3H6O2.Na.H/c1-12-8-16-15-5-4-13-9-14(25)6-7-19(13,2)21(15,23)17(26)10-20(16,3)22(12,28)18(27)11-24;2*1-2-3(4)5;;/h6-7,9,12,15-17,24,26,28H,4-5,8,10-11H2,1-3H3;2*2H2,1H3,(H,4,5);;/q;;;+1;-1/t12-,15-,16-,17-,19-,20-,21-,22-;;;;/m0..../s1. The van der Waals surface area contributed by atoms with Crippen LogP contribution >= 0.6 is 0 Å². The summed E-state index contributed by atoms with van der Waals surface area (Å²) in [7, 11) is 0. The number of halogens is 1. The Labute approximate surface area is 252 Å². The summed E-state index contributed by atoms with van der Waals surface area (Å²) in [4.78, 5) is 43.1. The van der Waals surface area contributed by atoms with Crippen LogP contribution in [0.15, 0.2) is 23.8 Å². The smallest absolute Gasteiger partial charge is 1.00 e. The van der Waals surface area contributed by atoms with Crippen molar-refractivity contribution in [2.45, 2.75) is 90.5 Å². The number of allylic oxidation sites excluding steroid dienone is 4. The van der Waals surface area contributed by atoms with E-state index in [4.69, 9.17) is 10.2 Å². The van der Waals surface area contributed by atoms with Crippen molar-refractivity contribution in [1.82, 2.24) is 0 Å². The van der Waals surface area contributed by atoms with Crippen molar-refractivity contribution in [1.29, 1.82) is 0 Å². The Kier molecular flexibility index (Phi) is 11.9. The number of carboxylic acids is 2. The number of ketones is 2. The van der Waals surface area contributed by atoms with E-state index in [-0.39, 0.29) is 61.9 Å². The van der Waals surface area contributed by atoms with Gasteiger partial charge in [0.05, 0.1) is 6.10 Å². The molecule has 3 saturated carbocycles. The molecule has 4 rings (SSSR count). The molecule has 0 amide bonds. The molecule has 4 aliphatic rings. The molecule has 0 radical (unpaired) electrons. The van der Waals surface area contributed by atoms with Gasteiger partial charge in [-0.1, -0.05) is 39.3 Å². The van der Waals surface area contributed by atoms with Gasteiger partial charge in [0.25, 0.3) is 0 Å². The fourth-order valence-corrected chi connectivity index (χ4v) is 7.26. The van der Waals surface area contributed by atoms with Gasteiger partial charge in [-0.2, -0.15) is 0 Å². The van der Waals surface area contributed by atoms with Crippen molar-refractivity contribution < 1.29 is 80.1 Å². The molecule has 9 nitrogen and oxygen atoms in total. The summed E-state index contributed by atoms with van der Waals surface area (Å²) in [6.45, 7) is 7.68. The predicted molar refractivity (Wildman–Crippen MR) is 137 cm³/mol. The summed E-state index contributed by atoms with van der Waals surface area (Å²) in [6, 6.07) is 0. The monoisotopic (exact) mass is 564 g/mol. The molecule has 0 unspecified atom stereocenters. The summed E-state index contributed by atoms with van der Waals surface area (Å²) >= 11 is 0. The van der Waals surface area contributed by atoms with Crippen molar-refractivity contribution in [3.05, 3.63) is 23.8 Å². The Bertz CT molecular complexity index is 1020. The third-order valence-electron chi connectivity index (χ3n) is 9.40. The molecule has 0 heterocycles. The first-order valence-corrected chi connectivity index (χ1v) is 13.1. The number of hydrogen-bond acceptors (Lipinski definition) is 7. The van der Waals surface area contributed by atoms with Crippen molar-refractivity contribution in [3.63, 3.8) is 0 Å². The summed E-state index contributed by atoms with van der Waals surface area (Å²) < 4.78 is 16.9. The Morgan fingerprint density at radius 3 is 2.08 bits per heavy atom. The molecule has 216 valence electrons. The van der Waals surface area contributed by atoms with Gasteiger partial charge in [-0.3, -0.25) is 19.2 Å². The third kappa shape index (κ3) is 5.83. The van der Waals surface area contributed by atoms with Gasteiger partial charge in [0.2, 0.25) is 0 Å². The molecule has 11 heteroatoms. The van der Waals surface area contributed by atoms with E-state index in [1.807, 2.05) is 0 Å². The largest absolute Gasteiger partial charge is 1.00 e.